The van der Waals surface area contributed by atoms with E-state index in [-0.39, 0.29) is 6.04 Å². The maximum absolute atomic E-state index is 5.38. The molecule has 0 amide bonds. The fraction of sp³-hybridized carbons (Fsp3) is 0.286. The smallest absolute Gasteiger partial charge is 0.123 e. The van der Waals surface area contributed by atoms with Gasteiger partial charge in [-0.1, -0.05) is 18.2 Å². The molecule has 0 fully saturated rings. The summed E-state index contributed by atoms with van der Waals surface area (Å²) >= 11 is 5.23. The third kappa shape index (κ3) is 3.34. The highest BCUT2D eigenvalue weighted by atomic mass is 79.9. The molecule has 0 saturated carbocycles. The summed E-state index contributed by atoms with van der Waals surface area (Å²) in [4.78, 5) is 1.32. The summed E-state index contributed by atoms with van der Waals surface area (Å²) in [6, 6.07) is 10.5. The maximum Gasteiger partial charge on any atom is 0.123 e. The first-order valence-corrected chi connectivity index (χ1v) is 7.47. The van der Waals surface area contributed by atoms with Gasteiger partial charge in [0.1, 0.15) is 5.75 Å². The van der Waals surface area contributed by atoms with Gasteiger partial charge in [-0.05, 0) is 35.0 Å². The molecule has 0 spiro atoms. The molecule has 0 aliphatic rings. The van der Waals surface area contributed by atoms with Crippen LogP contribution in [0.1, 0.15) is 23.4 Å². The molecular formula is C14H16BrNOS. The van der Waals surface area contributed by atoms with Crippen molar-refractivity contribution in [2.75, 3.05) is 7.11 Å². The molecule has 2 aromatic rings. The first-order chi connectivity index (χ1) is 8.70. The van der Waals surface area contributed by atoms with Gasteiger partial charge in [0.2, 0.25) is 0 Å². The number of thiophene rings is 1. The van der Waals surface area contributed by atoms with Crippen molar-refractivity contribution < 1.29 is 4.74 Å². The Labute approximate surface area is 120 Å². The van der Waals surface area contributed by atoms with E-state index in [0.717, 1.165) is 16.8 Å². The standard InChI is InChI=1S/C14H16BrNOS/c1-10(13-5-3-4-6-14(13)17-2)16-8-12-7-11(15)9-18-12/h3-7,9-10,16H,8H2,1-2H3/t10-/m1/s1. The summed E-state index contributed by atoms with van der Waals surface area (Å²) in [7, 11) is 1.71. The predicted octanol–water partition coefficient (Wildman–Crippen LogP) is 4.37. The molecule has 0 aliphatic heterocycles. The lowest BCUT2D eigenvalue weighted by molar-refractivity contribution is 0.401. The molecule has 0 radical (unpaired) electrons. The molecule has 4 heteroatoms. The highest BCUT2D eigenvalue weighted by Crippen LogP contribution is 2.25. The fourth-order valence-electron chi connectivity index (χ4n) is 1.83. The van der Waals surface area contributed by atoms with Crippen LogP contribution < -0.4 is 10.1 Å². The Kier molecular flexibility index (Phi) is 4.80. The lowest BCUT2D eigenvalue weighted by Gasteiger charge is -2.16. The van der Waals surface area contributed by atoms with Crippen LogP contribution in [0.15, 0.2) is 40.2 Å². The minimum atomic E-state index is 0.266. The van der Waals surface area contributed by atoms with Crippen molar-refractivity contribution in [1.29, 1.82) is 0 Å². The van der Waals surface area contributed by atoms with Crippen molar-refractivity contribution in [3.05, 3.63) is 50.6 Å². The van der Waals surface area contributed by atoms with E-state index in [1.54, 1.807) is 18.4 Å². The van der Waals surface area contributed by atoms with Crippen LogP contribution in [0.5, 0.6) is 5.75 Å². The Morgan fingerprint density at radius 3 is 2.83 bits per heavy atom. The largest absolute Gasteiger partial charge is 0.496 e. The van der Waals surface area contributed by atoms with E-state index in [4.69, 9.17) is 4.74 Å². The van der Waals surface area contributed by atoms with E-state index < -0.39 is 0 Å². The van der Waals surface area contributed by atoms with Crippen LogP contribution >= 0.6 is 27.3 Å². The van der Waals surface area contributed by atoms with E-state index >= 15 is 0 Å². The Hall–Kier alpha value is -0.840. The summed E-state index contributed by atoms with van der Waals surface area (Å²) < 4.78 is 6.53. The van der Waals surface area contributed by atoms with Crippen LogP contribution in [0.25, 0.3) is 0 Å². The van der Waals surface area contributed by atoms with Gasteiger partial charge in [-0.25, -0.2) is 0 Å². The van der Waals surface area contributed by atoms with Crippen molar-refractivity contribution >= 4 is 27.3 Å². The Morgan fingerprint density at radius 1 is 1.39 bits per heavy atom. The second-order valence-corrected chi connectivity index (χ2v) is 5.99. The predicted molar refractivity (Wildman–Crippen MR) is 80.3 cm³/mol. The molecule has 1 aromatic carbocycles. The summed E-state index contributed by atoms with van der Waals surface area (Å²) in [5.74, 6) is 0.935. The topological polar surface area (TPSA) is 21.3 Å². The molecule has 1 N–H and O–H groups in total. The van der Waals surface area contributed by atoms with Crippen molar-refractivity contribution in [3.63, 3.8) is 0 Å². The molecular weight excluding hydrogens is 310 g/mol. The van der Waals surface area contributed by atoms with Crippen LogP contribution in [0.2, 0.25) is 0 Å². The molecule has 18 heavy (non-hydrogen) atoms. The lowest BCUT2D eigenvalue weighted by Crippen LogP contribution is -2.18. The highest BCUT2D eigenvalue weighted by molar-refractivity contribution is 9.10. The molecule has 0 unspecified atom stereocenters. The maximum atomic E-state index is 5.38. The minimum Gasteiger partial charge on any atom is -0.496 e. The van der Waals surface area contributed by atoms with Gasteiger partial charge in [-0.2, -0.15) is 0 Å². The zero-order chi connectivity index (χ0) is 13.0. The van der Waals surface area contributed by atoms with Crippen molar-refractivity contribution in [1.82, 2.24) is 5.32 Å². The molecule has 1 aromatic heterocycles. The second-order valence-electron chi connectivity index (χ2n) is 4.08. The van der Waals surface area contributed by atoms with Crippen molar-refractivity contribution in [3.8, 4) is 5.75 Å². The van der Waals surface area contributed by atoms with Gasteiger partial charge in [-0.15, -0.1) is 11.3 Å². The first kappa shape index (κ1) is 13.6. The molecule has 0 aliphatic carbocycles. The quantitative estimate of drug-likeness (QED) is 0.881. The average molecular weight is 326 g/mol. The van der Waals surface area contributed by atoms with Gasteiger partial charge in [-0.3, -0.25) is 0 Å². The molecule has 1 heterocycles. The van der Waals surface area contributed by atoms with E-state index in [9.17, 15) is 0 Å². The minimum absolute atomic E-state index is 0.266. The summed E-state index contributed by atoms with van der Waals surface area (Å²) in [6.07, 6.45) is 0. The van der Waals surface area contributed by atoms with Crippen LogP contribution in [-0.4, -0.2) is 7.11 Å². The van der Waals surface area contributed by atoms with E-state index in [2.05, 4.69) is 45.7 Å². The van der Waals surface area contributed by atoms with Crippen LogP contribution in [0.4, 0.5) is 0 Å². The SMILES string of the molecule is COc1ccccc1[C@@H](C)NCc1cc(Br)cs1. The van der Waals surface area contributed by atoms with Gasteiger partial charge >= 0.3 is 0 Å². The van der Waals surface area contributed by atoms with Gasteiger partial charge < -0.3 is 10.1 Å². The zero-order valence-corrected chi connectivity index (χ0v) is 12.8. The summed E-state index contributed by atoms with van der Waals surface area (Å²) in [5.41, 5.74) is 1.19. The molecule has 0 saturated heterocycles. The molecule has 2 nitrogen and oxygen atoms in total. The Balaban J connectivity index is 2.01. The second kappa shape index (κ2) is 6.36. The number of hydrogen-bond donors (Lipinski definition) is 1. The molecule has 0 bridgehead atoms. The zero-order valence-electron chi connectivity index (χ0n) is 10.4. The number of benzene rings is 1. The fourth-order valence-corrected chi connectivity index (χ4v) is 3.24. The van der Waals surface area contributed by atoms with Crippen LogP contribution in [-0.2, 0) is 6.54 Å². The monoisotopic (exact) mass is 325 g/mol. The number of halogens is 1. The van der Waals surface area contributed by atoms with Gasteiger partial charge in [0.05, 0.1) is 7.11 Å². The Bertz CT molecular complexity index is 512. The van der Waals surface area contributed by atoms with Crippen LogP contribution in [0, 0.1) is 0 Å². The normalized spacial score (nSPS) is 12.4. The van der Waals surface area contributed by atoms with Gasteiger partial charge in [0.25, 0.3) is 0 Å². The van der Waals surface area contributed by atoms with E-state index in [0.29, 0.717) is 0 Å². The van der Waals surface area contributed by atoms with Crippen LogP contribution in [0.3, 0.4) is 0 Å². The summed E-state index contributed by atoms with van der Waals surface area (Å²) in [6.45, 7) is 3.02. The molecule has 96 valence electrons. The number of methoxy groups -OCH3 is 1. The third-order valence-corrected chi connectivity index (χ3v) is 4.51. The van der Waals surface area contributed by atoms with E-state index in [1.807, 2.05) is 18.2 Å². The lowest BCUT2D eigenvalue weighted by atomic mass is 10.1. The number of rotatable bonds is 5. The highest BCUT2D eigenvalue weighted by Gasteiger charge is 2.10. The number of hydrogen-bond acceptors (Lipinski definition) is 3. The van der Waals surface area contributed by atoms with Crippen molar-refractivity contribution in [2.24, 2.45) is 0 Å². The average Bonchev–Trinajstić information content (AvgIpc) is 2.81. The summed E-state index contributed by atoms with van der Waals surface area (Å²) in [5, 5.41) is 5.61. The molecule has 1 atom stereocenters. The Morgan fingerprint density at radius 2 is 2.17 bits per heavy atom. The van der Waals surface area contributed by atoms with Crippen molar-refractivity contribution in [2.45, 2.75) is 19.5 Å². The van der Waals surface area contributed by atoms with Gasteiger partial charge in [0, 0.05) is 32.9 Å². The molecule has 2 rings (SSSR count). The number of nitrogens with one attached hydrogen (secondary N) is 1. The first-order valence-electron chi connectivity index (χ1n) is 5.80. The third-order valence-electron chi connectivity index (χ3n) is 2.81. The van der Waals surface area contributed by atoms with E-state index in [1.165, 1.54) is 10.4 Å². The number of ether oxygens (including phenoxy) is 1. The van der Waals surface area contributed by atoms with Gasteiger partial charge in [0.15, 0.2) is 0 Å². The number of para-hydroxylation sites is 1.